The first kappa shape index (κ1) is 20.6. The molecule has 6 nitrogen and oxygen atoms in total. The fraction of sp³-hybridized carbons (Fsp3) is 0.696. The highest BCUT2D eigenvalue weighted by molar-refractivity contribution is 5.80. The second-order valence-electron chi connectivity index (χ2n) is 8.84. The van der Waals surface area contributed by atoms with Crippen molar-refractivity contribution in [2.45, 2.75) is 38.5 Å². The lowest BCUT2D eigenvalue weighted by Crippen LogP contribution is -2.50. The number of nitrogens with one attached hydrogen (secondary N) is 1. The molecule has 0 bridgehead atoms. The first-order valence-electron chi connectivity index (χ1n) is 11.3. The average molecular weight is 400 g/mol. The van der Waals surface area contributed by atoms with Gasteiger partial charge in [0.15, 0.2) is 5.96 Å². The Balaban J connectivity index is 1.28. The normalized spacial score (nSPS) is 27.2. The lowest BCUT2D eigenvalue weighted by molar-refractivity contribution is -0.0502. The van der Waals surface area contributed by atoms with Crippen molar-refractivity contribution in [3.05, 3.63) is 35.9 Å². The molecule has 1 aromatic rings. The van der Waals surface area contributed by atoms with Gasteiger partial charge in [-0.15, -0.1) is 0 Å². The molecule has 3 aliphatic rings. The van der Waals surface area contributed by atoms with E-state index in [1.165, 1.54) is 31.5 Å². The maximum absolute atomic E-state index is 6.13. The van der Waals surface area contributed by atoms with E-state index in [0.717, 1.165) is 57.8 Å². The molecule has 3 fully saturated rings. The molecule has 0 radical (unpaired) electrons. The Morgan fingerprint density at radius 2 is 1.93 bits per heavy atom. The maximum atomic E-state index is 6.13. The van der Waals surface area contributed by atoms with E-state index in [1.807, 2.05) is 7.05 Å². The SMILES string of the molecule is CN=C(NCCN1CCC(C)CC1)N1CC2OCCN(Cc3ccccc3)C2C1. The van der Waals surface area contributed by atoms with Crippen LogP contribution >= 0.6 is 0 Å². The highest BCUT2D eigenvalue weighted by atomic mass is 16.5. The Labute approximate surface area is 175 Å². The van der Waals surface area contributed by atoms with Crippen LogP contribution in [-0.2, 0) is 11.3 Å². The Morgan fingerprint density at radius 3 is 2.69 bits per heavy atom. The summed E-state index contributed by atoms with van der Waals surface area (Å²) in [6.45, 7) is 11.6. The number of hydrogen-bond donors (Lipinski definition) is 1. The number of rotatable bonds is 5. The minimum atomic E-state index is 0.273. The van der Waals surface area contributed by atoms with Gasteiger partial charge < -0.3 is 19.9 Å². The Morgan fingerprint density at radius 1 is 1.14 bits per heavy atom. The summed E-state index contributed by atoms with van der Waals surface area (Å²) in [6.07, 6.45) is 2.94. The minimum Gasteiger partial charge on any atom is -0.373 e. The van der Waals surface area contributed by atoms with Gasteiger partial charge in [0, 0.05) is 46.3 Å². The molecule has 0 spiro atoms. The quantitative estimate of drug-likeness (QED) is 0.605. The van der Waals surface area contributed by atoms with E-state index in [9.17, 15) is 0 Å². The zero-order chi connectivity index (χ0) is 20.1. The van der Waals surface area contributed by atoms with Crippen molar-refractivity contribution in [2.24, 2.45) is 10.9 Å². The monoisotopic (exact) mass is 399 g/mol. The van der Waals surface area contributed by atoms with E-state index in [0.29, 0.717) is 6.04 Å². The van der Waals surface area contributed by atoms with E-state index in [4.69, 9.17) is 4.74 Å². The lowest BCUT2D eigenvalue weighted by Gasteiger charge is -2.36. The summed E-state index contributed by atoms with van der Waals surface area (Å²) >= 11 is 0. The van der Waals surface area contributed by atoms with Crippen LogP contribution in [0, 0.1) is 5.92 Å². The number of fused-ring (bicyclic) bond motifs is 1. The van der Waals surface area contributed by atoms with Crippen LogP contribution in [0.15, 0.2) is 35.3 Å². The minimum absolute atomic E-state index is 0.273. The van der Waals surface area contributed by atoms with E-state index in [2.05, 4.69) is 62.3 Å². The second kappa shape index (κ2) is 9.92. The zero-order valence-electron chi connectivity index (χ0n) is 18.1. The topological polar surface area (TPSA) is 43.3 Å². The van der Waals surface area contributed by atoms with Gasteiger partial charge in [0.05, 0.1) is 18.8 Å². The molecule has 0 amide bonds. The summed E-state index contributed by atoms with van der Waals surface area (Å²) in [5, 5.41) is 3.60. The van der Waals surface area contributed by atoms with E-state index in [-0.39, 0.29) is 6.10 Å². The van der Waals surface area contributed by atoms with Crippen molar-refractivity contribution in [1.29, 1.82) is 0 Å². The van der Waals surface area contributed by atoms with Crippen LogP contribution < -0.4 is 5.32 Å². The summed E-state index contributed by atoms with van der Waals surface area (Å²) in [7, 11) is 1.90. The summed E-state index contributed by atoms with van der Waals surface area (Å²) in [5.41, 5.74) is 1.38. The third-order valence-corrected chi connectivity index (χ3v) is 6.74. The van der Waals surface area contributed by atoms with Crippen LogP contribution in [0.5, 0.6) is 0 Å². The van der Waals surface area contributed by atoms with Crippen LogP contribution in [0.1, 0.15) is 25.3 Å². The number of benzene rings is 1. The van der Waals surface area contributed by atoms with Gasteiger partial charge in [0.25, 0.3) is 0 Å². The molecule has 0 aromatic heterocycles. The zero-order valence-corrected chi connectivity index (χ0v) is 18.1. The second-order valence-corrected chi connectivity index (χ2v) is 8.84. The standard InChI is InChI=1S/C23H37N5O/c1-19-8-11-26(12-9-19)13-10-25-23(24-2)28-17-21-22(18-28)29-15-14-27(21)16-20-6-4-3-5-7-20/h3-7,19,21-22H,8-18H2,1-2H3,(H,24,25). The number of hydrogen-bond acceptors (Lipinski definition) is 4. The van der Waals surface area contributed by atoms with Crippen LogP contribution in [0.4, 0.5) is 0 Å². The predicted molar refractivity (Wildman–Crippen MR) is 118 cm³/mol. The van der Waals surface area contributed by atoms with E-state index in [1.54, 1.807) is 0 Å². The number of nitrogens with zero attached hydrogens (tertiary/aromatic N) is 4. The van der Waals surface area contributed by atoms with Gasteiger partial charge >= 0.3 is 0 Å². The summed E-state index contributed by atoms with van der Waals surface area (Å²) in [6, 6.07) is 11.2. The number of piperidine rings is 1. The molecular formula is C23H37N5O. The molecule has 3 saturated heterocycles. The van der Waals surface area contributed by atoms with Crippen LogP contribution in [0.3, 0.4) is 0 Å². The highest BCUT2D eigenvalue weighted by Gasteiger charge is 2.41. The molecule has 0 saturated carbocycles. The van der Waals surface area contributed by atoms with Crippen molar-refractivity contribution in [3.8, 4) is 0 Å². The molecule has 3 aliphatic heterocycles. The maximum Gasteiger partial charge on any atom is 0.193 e. The molecule has 160 valence electrons. The van der Waals surface area contributed by atoms with Gasteiger partial charge in [-0.2, -0.15) is 0 Å². The predicted octanol–water partition coefficient (Wildman–Crippen LogP) is 1.88. The van der Waals surface area contributed by atoms with Crippen molar-refractivity contribution in [1.82, 2.24) is 20.0 Å². The van der Waals surface area contributed by atoms with Crippen molar-refractivity contribution in [2.75, 3.05) is 59.5 Å². The molecule has 1 N–H and O–H groups in total. The van der Waals surface area contributed by atoms with E-state index >= 15 is 0 Å². The number of guanidine groups is 1. The summed E-state index contributed by atoms with van der Waals surface area (Å²) in [5.74, 6) is 1.91. The third kappa shape index (κ3) is 5.30. The number of morpholine rings is 1. The number of ether oxygens (including phenoxy) is 1. The van der Waals surface area contributed by atoms with Crippen molar-refractivity contribution >= 4 is 5.96 Å². The molecule has 29 heavy (non-hydrogen) atoms. The van der Waals surface area contributed by atoms with Gasteiger partial charge in [0.2, 0.25) is 0 Å². The van der Waals surface area contributed by atoms with Gasteiger partial charge in [-0.05, 0) is 37.4 Å². The first-order valence-corrected chi connectivity index (χ1v) is 11.3. The molecule has 4 rings (SSSR count). The number of likely N-dealkylation sites (tertiary alicyclic amines) is 2. The molecule has 2 atom stereocenters. The smallest absolute Gasteiger partial charge is 0.193 e. The van der Waals surface area contributed by atoms with Gasteiger partial charge in [-0.25, -0.2) is 0 Å². The first-order chi connectivity index (χ1) is 14.2. The Kier molecular flexibility index (Phi) is 7.06. The lowest BCUT2D eigenvalue weighted by atomic mass is 9.99. The van der Waals surface area contributed by atoms with Gasteiger partial charge in [-0.3, -0.25) is 9.89 Å². The Hall–Kier alpha value is -1.63. The van der Waals surface area contributed by atoms with Crippen LogP contribution in [0.2, 0.25) is 0 Å². The summed E-state index contributed by atoms with van der Waals surface area (Å²) < 4.78 is 6.13. The highest BCUT2D eigenvalue weighted by Crippen LogP contribution is 2.24. The molecule has 1 aromatic carbocycles. The van der Waals surface area contributed by atoms with Crippen molar-refractivity contribution < 1.29 is 4.74 Å². The van der Waals surface area contributed by atoms with E-state index < -0.39 is 0 Å². The van der Waals surface area contributed by atoms with Gasteiger partial charge in [-0.1, -0.05) is 37.3 Å². The number of aliphatic imine (C=N–C) groups is 1. The van der Waals surface area contributed by atoms with Crippen LogP contribution in [-0.4, -0.2) is 92.3 Å². The summed E-state index contributed by atoms with van der Waals surface area (Å²) in [4.78, 5) is 12.1. The third-order valence-electron chi connectivity index (χ3n) is 6.74. The molecule has 2 unspecified atom stereocenters. The van der Waals surface area contributed by atoms with Gasteiger partial charge in [0.1, 0.15) is 0 Å². The fourth-order valence-corrected chi connectivity index (χ4v) is 4.89. The molecule has 0 aliphatic carbocycles. The van der Waals surface area contributed by atoms with Crippen LogP contribution in [0.25, 0.3) is 0 Å². The fourth-order valence-electron chi connectivity index (χ4n) is 4.89. The largest absolute Gasteiger partial charge is 0.373 e. The Bertz CT molecular complexity index is 658. The molecule has 3 heterocycles. The molecule has 6 heteroatoms. The molecular weight excluding hydrogens is 362 g/mol. The average Bonchev–Trinajstić information content (AvgIpc) is 3.18. The van der Waals surface area contributed by atoms with Crippen molar-refractivity contribution in [3.63, 3.8) is 0 Å².